The second-order valence-electron chi connectivity index (χ2n) is 3.11. The number of hydrogen-bond acceptors (Lipinski definition) is 1. The van der Waals surface area contributed by atoms with Crippen LogP contribution in [-0.2, 0) is 0 Å². The average molecular weight is 191 g/mol. The molecule has 0 atom stereocenters. The van der Waals surface area contributed by atoms with E-state index in [0.717, 1.165) is 25.1 Å². The van der Waals surface area contributed by atoms with Gasteiger partial charge in [0.2, 0.25) is 0 Å². The fourth-order valence-corrected chi connectivity index (χ4v) is 1.07. The third kappa shape index (κ3) is 3.94. The molecule has 1 aromatic rings. The zero-order valence-corrected chi connectivity index (χ0v) is 8.53. The smallest absolute Gasteiger partial charge is 0.193 e. The Hall–Kier alpha value is -1.51. The number of benzene rings is 1. The molecule has 0 amide bonds. The Morgan fingerprint density at radius 1 is 1.36 bits per heavy atom. The van der Waals surface area contributed by atoms with Gasteiger partial charge in [0.05, 0.1) is 0 Å². The molecule has 0 bridgehead atoms. The number of para-hydroxylation sites is 1. The molecule has 0 aliphatic heterocycles. The number of nitrogens with zero attached hydrogens (tertiary/aromatic N) is 1. The van der Waals surface area contributed by atoms with E-state index in [1.165, 1.54) is 0 Å². The van der Waals surface area contributed by atoms with E-state index in [2.05, 4.69) is 17.2 Å². The highest BCUT2D eigenvalue weighted by Crippen LogP contribution is 2.03. The third-order valence-electron chi connectivity index (χ3n) is 1.84. The summed E-state index contributed by atoms with van der Waals surface area (Å²) in [6.45, 7) is 2.93. The van der Waals surface area contributed by atoms with Gasteiger partial charge in [-0.3, -0.25) is 4.99 Å². The lowest BCUT2D eigenvalue weighted by Gasteiger charge is -2.04. The molecule has 3 heteroatoms. The second kappa shape index (κ2) is 6.02. The molecule has 76 valence electrons. The largest absolute Gasteiger partial charge is 0.370 e. The Balaban J connectivity index is 2.40. The van der Waals surface area contributed by atoms with Crippen LogP contribution in [0.4, 0.5) is 5.69 Å². The Morgan fingerprint density at radius 3 is 2.71 bits per heavy atom. The number of unbranched alkanes of at least 4 members (excludes halogenated alkanes) is 1. The first-order valence-corrected chi connectivity index (χ1v) is 4.95. The summed E-state index contributed by atoms with van der Waals surface area (Å²) < 4.78 is 0. The molecule has 0 aliphatic rings. The van der Waals surface area contributed by atoms with Crippen LogP contribution < -0.4 is 11.1 Å². The highest BCUT2D eigenvalue weighted by molar-refractivity contribution is 5.92. The minimum Gasteiger partial charge on any atom is -0.370 e. The summed E-state index contributed by atoms with van der Waals surface area (Å²) in [6, 6.07) is 9.81. The number of rotatable bonds is 4. The van der Waals surface area contributed by atoms with Gasteiger partial charge in [0, 0.05) is 12.2 Å². The summed E-state index contributed by atoms with van der Waals surface area (Å²) in [5.41, 5.74) is 6.66. The fourth-order valence-electron chi connectivity index (χ4n) is 1.07. The van der Waals surface area contributed by atoms with E-state index in [-0.39, 0.29) is 0 Å². The van der Waals surface area contributed by atoms with Crippen molar-refractivity contribution in [2.24, 2.45) is 10.7 Å². The number of nitrogens with one attached hydrogen (secondary N) is 1. The van der Waals surface area contributed by atoms with Gasteiger partial charge >= 0.3 is 0 Å². The second-order valence-corrected chi connectivity index (χ2v) is 3.11. The fraction of sp³-hybridized carbons (Fsp3) is 0.364. The van der Waals surface area contributed by atoms with Crippen LogP contribution in [0, 0.1) is 0 Å². The van der Waals surface area contributed by atoms with Crippen LogP contribution in [0.1, 0.15) is 19.8 Å². The van der Waals surface area contributed by atoms with Gasteiger partial charge in [-0.1, -0.05) is 31.5 Å². The van der Waals surface area contributed by atoms with E-state index in [1.54, 1.807) is 0 Å². The normalized spacial score (nSPS) is 11.4. The van der Waals surface area contributed by atoms with Gasteiger partial charge < -0.3 is 11.1 Å². The van der Waals surface area contributed by atoms with Crippen molar-refractivity contribution in [3.05, 3.63) is 30.3 Å². The lowest BCUT2D eigenvalue weighted by Crippen LogP contribution is -2.22. The molecule has 1 aromatic carbocycles. The number of nitrogens with two attached hydrogens (primary N) is 1. The first-order valence-electron chi connectivity index (χ1n) is 4.95. The standard InChI is InChI=1S/C11H17N3/c1-2-3-9-13-11(12)14-10-7-5-4-6-8-10/h4-8H,2-3,9H2,1H3,(H3,12,13,14). The van der Waals surface area contributed by atoms with Crippen molar-refractivity contribution >= 4 is 11.6 Å². The minimum atomic E-state index is 0.490. The maximum Gasteiger partial charge on any atom is 0.193 e. The first-order chi connectivity index (χ1) is 6.83. The predicted octanol–water partition coefficient (Wildman–Crippen LogP) is 2.21. The zero-order chi connectivity index (χ0) is 10.2. The van der Waals surface area contributed by atoms with Gasteiger partial charge in [0.15, 0.2) is 5.96 Å². The van der Waals surface area contributed by atoms with Crippen molar-refractivity contribution in [2.75, 3.05) is 11.9 Å². The number of aliphatic imine (C=N–C) groups is 1. The topological polar surface area (TPSA) is 50.4 Å². The molecule has 0 aliphatic carbocycles. The molecule has 0 heterocycles. The van der Waals surface area contributed by atoms with Crippen molar-refractivity contribution in [1.29, 1.82) is 0 Å². The summed E-state index contributed by atoms with van der Waals surface area (Å²) in [7, 11) is 0. The Labute approximate surface area is 85.0 Å². The van der Waals surface area contributed by atoms with Crippen LogP contribution in [0.25, 0.3) is 0 Å². The van der Waals surface area contributed by atoms with E-state index < -0.39 is 0 Å². The molecule has 3 nitrogen and oxygen atoms in total. The van der Waals surface area contributed by atoms with E-state index in [1.807, 2.05) is 30.3 Å². The summed E-state index contributed by atoms with van der Waals surface area (Å²) >= 11 is 0. The molecule has 3 N–H and O–H groups in total. The highest BCUT2D eigenvalue weighted by atomic mass is 15.1. The Morgan fingerprint density at radius 2 is 2.07 bits per heavy atom. The van der Waals surface area contributed by atoms with Crippen molar-refractivity contribution in [3.8, 4) is 0 Å². The van der Waals surface area contributed by atoms with Crippen LogP contribution >= 0.6 is 0 Å². The monoisotopic (exact) mass is 191 g/mol. The van der Waals surface area contributed by atoms with Gasteiger partial charge in [-0.2, -0.15) is 0 Å². The Bertz CT molecular complexity index is 280. The molecular formula is C11H17N3. The van der Waals surface area contributed by atoms with Crippen molar-refractivity contribution in [3.63, 3.8) is 0 Å². The molecule has 1 rings (SSSR count). The van der Waals surface area contributed by atoms with E-state index in [9.17, 15) is 0 Å². The lowest BCUT2D eigenvalue weighted by molar-refractivity contribution is 0.807. The summed E-state index contributed by atoms with van der Waals surface area (Å²) in [4.78, 5) is 4.19. The average Bonchev–Trinajstić information content (AvgIpc) is 2.20. The predicted molar refractivity (Wildman–Crippen MR) is 61.5 cm³/mol. The van der Waals surface area contributed by atoms with Crippen LogP contribution in [-0.4, -0.2) is 12.5 Å². The number of anilines is 1. The minimum absolute atomic E-state index is 0.490. The van der Waals surface area contributed by atoms with Gasteiger partial charge in [-0.25, -0.2) is 0 Å². The van der Waals surface area contributed by atoms with E-state index in [0.29, 0.717) is 5.96 Å². The van der Waals surface area contributed by atoms with Gasteiger partial charge in [-0.15, -0.1) is 0 Å². The van der Waals surface area contributed by atoms with Crippen LogP contribution in [0.15, 0.2) is 35.3 Å². The Kier molecular flexibility index (Phi) is 4.55. The van der Waals surface area contributed by atoms with Crippen molar-refractivity contribution in [2.45, 2.75) is 19.8 Å². The molecular weight excluding hydrogens is 174 g/mol. The SMILES string of the molecule is CCCCN=C(N)Nc1ccccc1. The van der Waals surface area contributed by atoms with Crippen molar-refractivity contribution < 1.29 is 0 Å². The first kappa shape index (κ1) is 10.6. The molecule has 0 aromatic heterocycles. The molecule has 0 fully saturated rings. The quantitative estimate of drug-likeness (QED) is 0.435. The number of hydrogen-bond donors (Lipinski definition) is 2. The highest BCUT2D eigenvalue weighted by Gasteiger charge is 1.91. The van der Waals surface area contributed by atoms with Gasteiger partial charge in [0.1, 0.15) is 0 Å². The van der Waals surface area contributed by atoms with Crippen LogP contribution in [0.2, 0.25) is 0 Å². The third-order valence-corrected chi connectivity index (χ3v) is 1.84. The molecule has 0 spiro atoms. The van der Waals surface area contributed by atoms with Crippen molar-refractivity contribution in [1.82, 2.24) is 0 Å². The summed E-state index contributed by atoms with van der Waals surface area (Å²) in [6.07, 6.45) is 2.22. The van der Waals surface area contributed by atoms with E-state index in [4.69, 9.17) is 5.73 Å². The summed E-state index contributed by atoms with van der Waals surface area (Å²) in [5.74, 6) is 0.490. The van der Waals surface area contributed by atoms with Gasteiger partial charge in [-0.05, 0) is 18.6 Å². The van der Waals surface area contributed by atoms with Crippen LogP contribution in [0.5, 0.6) is 0 Å². The molecule has 0 saturated heterocycles. The molecule has 0 unspecified atom stereocenters. The van der Waals surface area contributed by atoms with Gasteiger partial charge in [0.25, 0.3) is 0 Å². The van der Waals surface area contributed by atoms with Crippen LogP contribution in [0.3, 0.4) is 0 Å². The maximum atomic E-state index is 5.69. The lowest BCUT2D eigenvalue weighted by atomic mass is 10.3. The zero-order valence-electron chi connectivity index (χ0n) is 8.53. The molecule has 0 radical (unpaired) electrons. The van der Waals surface area contributed by atoms with E-state index >= 15 is 0 Å². The summed E-state index contributed by atoms with van der Waals surface area (Å²) in [5, 5.41) is 3.03. The molecule has 14 heavy (non-hydrogen) atoms. The number of guanidine groups is 1. The molecule has 0 saturated carbocycles. The maximum absolute atomic E-state index is 5.69.